The summed E-state index contributed by atoms with van der Waals surface area (Å²) in [7, 11) is 0. The van der Waals surface area contributed by atoms with Crippen molar-refractivity contribution < 1.29 is 9.18 Å². The third-order valence-electron chi connectivity index (χ3n) is 6.74. The lowest BCUT2D eigenvalue weighted by Gasteiger charge is -2.36. The van der Waals surface area contributed by atoms with Crippen molar-refractivity contribution in [3.05, 3.63) is 46.9 Å². The van der Waals surface area contributed by atoms with Gasteiger partial charge in [0, 0.05) is 45.0 Å². The van der Waals surface area contributed by atoms with E-state index in [1.807, 2.05) is 11.8 Å². The molecule has 32 heavy (non-hydrogen) atoms. The van der Waals surface area contributed by atoms with Gasteiger partial charge in [-0.1, -0.05) is 6.92 Å². The molecule has 4 heterocycles. The first-order valence-electron chi connectivity index (χ1n) is 11.3. The molecule has 2 aliphatic rings. The summed E-state index contributed by atoms with van der Waals surface area (Å²) < 4.78 is 13.2. The van der Waals surface area contributed by atoms with Gasteiger partial charge < -0.3 is 14.7 Å². The van der Waals surface area contributed by atoms with Gasteiger partial charge in [-0.2, -0.15) is 0 Å². The molecule has 0 radical (unpaired) electrons. The lowest BCUT2D eigenvalue weighted by Crippen LogP contribution is -2.48. The number of hydrogen-bond donors (Lipinski definition) is 0. The van der Waals surface area contributed by atoms with E-state index in [1.165, 1.54) is 36.3 Å². The van der Waals surface area contributed by atoms with Gasteiger partial charge in [-0.25, -0.2) is 14.4 Å². The molecule has 0 aliphatic carbocycles. The van der Waals surface area contributed by atoms with Gasteiger partial charge in [0.05, 0.1) is 10.3 Å². The number of carbonyl (C=O) groups is 1. The summed E-state index contributed by atoms with van der Waals surface area (Å²) >= 11 is 1.48. The predicted octanol–water partition coefficient (Wildman–Crippen LogP) is 4.34. The summed E-state index contributed by atoms with van der Waals surface area (Å²) in [5.74, 6) is 1.56. The number of carbonyl (C=O) groups excluding carboxylic acids is 1. The van der Waals surface area contributed by atoms with Crippen molar-refractivity contribution in [1.82, 2.24) is 14.9 Å². The van der Waals surface area contributed by atoms with Crippen LogP contribution in [0, 0.1) is 18.7 Å². The standard InChI is InChI=1S/C24H28FN5OS/c1-16-7-9-29(10-8-16)22-20-17(2)21(32-23(20)27-15-26-22)24(31)30-13-11-28(12-14-30)19-5-3-18(25)4-6-19/h3-6,15-16H,7-14H2,1-2H3. The Labute approximate surface area is 191 Å². The van der Waals surface area contributed by atoms with Crippen LogP contribution in [0.25, 0.3) is 10.2 Å². The van der Waals surface area contributed by atoms with Crippen LogP contribution >= 0.6 is 11.3 Å². The number of benzene rings is 1. The van der Waals surface area contributed by atoms with E-state index in [2.05, 4.69) is 26.7 Å². The summed E-state index contributed by atoms with van der Waals surface area (Å²) in [6.07, 6.45) is 3.96. The van der Waals surface area contributed by atoms with E-state index in [0.29, 0.717) is 13.1 Å². The predicted molar refractivity (Wildman–Crippen MR) is 127 cm³/mol. The van der Waals surface area contributed by atoms with Gasteiger partial charge in [0.25, 0.3) is 5.91 Å². The van der Waals surface area contributed by atoms with Crippen molar-refractivity contribution in [2.24, 2.45) is 5.92 Å². The monoisotopic (exact) mass is 453 g/mol. The van der Waals surface area contributed by atoms with Gasteiger partial charge in [-0.05, 0) is 55.5 Å². The fourth-order valence-corrected chi connectivity index (χ4v) is 5.79. The molecule has 2 fully saturated rings. The summed E-state index contributed by atoms with van der Waals surface area (Å²) in [4.78, 5) is 30.6. The molecule has 168 valence electrons. The molecule has 0 saturated carbocycles. The normalized spacial score (nSPS) is 17.9. The van der Waals surface area contributed by atoms with Gasteiger partial charge in [0.15, 0.2) is 0 Å². The zero-order valence-electron chi connectivity index (χ0n) is 18.6. The van der Waals surface area contributed by atoms with Crippen LogP contribution in [-0.2, 0) is 0 Å². The second-order valence-electron chi connectivity index (χ2n) is 8.86. The zero-order valence-corrected chi connectivity index (χ0v) is 19.4. The van der Waals surface area contributed by atoms with Crippen LogP contribution in [0.5, 0.6) is 0 Å². The number of fused-ring (bicyclic) bond motifs is 1. The fourth-order valence-electron chi connectivity index (χ4n) is 4.68. The third-order valence-corrected chi connectivity index (χ3v) is 7.93. The van der Waals surface area contributed by atoms with Gasteiger partial charge in [-0.15, -0.1) is 11.3 Å². The average molecular weight is 454 g/mol. The quantitative estimate of drug-likeness (QED) is 0.591. The Bertz CT molecular complexity index is 1120. The van der Waals surface area contributed by atoms with E-state index in [1.54, 1.807) is 18.5 Å². The highest BCUT2D eigenvalue weighted by molar-refractivity contribution is 7.20. The number of nitrogens with zero attached hydrogens (tertiary/aromatic N) is 5. The van der Waals surface area contributed by atoms with E-state index in [0.717, 1.165) is 64.3 Å². The number of anilines is 2. The molecule has 5 rings (SSSR count). The highest BCUT2D eigenvalue weighted by Gasteiger charge is 2.28. The SMILES string of the molecule is Cc1c(C(=O)N2CCN(c3ccc(F)cc3)CC2)sc2ncnc(N3CCC(C)CC3)c12. The highest BCUT2D eigenvalue weighted by Crippen LogP contribution is 2.37. The molecule has 0 bridgehead atoms. The lowest BCUT2D eigenvalue weighted by molar-refractivity contribution is 0.0751. The molecule has 0 spiro atoms. The Morgan fingerprint density at radius 3 is 2.38 bits per heavy atom. The van der Waals surface area contributed by atoms with Crippen molar-refractivity contribution in [1.29, 1.82) is 0 Å². The molecule has 2 aliphatic heterocycles. The molecular formula is C24H28FN5OS. The zero-order chi connectivity index (χ0) is 22.2. The van der Waals surface area contributed by atoms with Crippen molar-refractivity contribution in [3.8, 4) is 0 Å². The second-order valence-corrected chi connectivity index (χ2v) is 9.86. The fraction of sp³-hybridized carbons (Fsp3) is 0.458. The van der Waals surface area contributed by atoms with Crippen LogP contribution in [0.15, 0.2) is 30.6 Å². The van der Waals surface area contributed by atoms with E-state index in [9.17, 15) is 9.18 Å². The van der Waals surface area contributed by atoms with Crippen molar-refractivity contribution in [3.63, 3.8) is 0 Å². The largest absolute Gasteiger partial charge is 0.368 e. The van der Waals surface area contributed by atoms with Crippen LogP contribution in [0.4, 0.5) is 15.9 Å². The Morgan fingerprint density at radius 2 is 1.69 bits per heavy atom. The summed E-state index contributed by atoms with van der Waals surface area (Å²) in [5.41, 5.74) is 1.98. The van der Waals surface area contributed by atoms with E-state index >= 15 is 0 Å². The molecule has 6 nitrogen and oxygen atoms in total. The Morgan fingerprint density at radius 1 is 1.00 bits per heavy atom. The number of halogens is 1. The highest BCUT2D eigenvalue weighted by atomic mass is 32.1. The van der Waals surface area contributed by atoms with Gasteiger partial charge in [0.1, 0.15) is 22.8 Å². The number of piperazine rings is 1. The van der Waals surface area contributed by atoms with Crippen molar-refractivity contribution >= 4 is 39.0 Å². The number of aryl methyl sites for hydroxylation is 1. The number of rotatable bonds is 3. The first-order chi connectivity index (χ1) is 15.5. The number of thiophene rings is 1. The smallest absolute Gasteiger partial charge is 0.264 e. The van der Waals surface area contributed by atoms with E-state index < -0.39 is 0 Å². The number of aromatic nitrogens is 2. The molecular weight excluding hydrogens is 425 g/mol. The van der Waals surface area contributed by atoms with E-state index in [4.69, 9.17) is 0 Å². The maximum absolute atomic E-state index is 13.4. The number of amides is 1. The molecule has 1 amide bonds. The molecule has 3 aromatic rings. The van der Waals surface area contributed by atoms with Gasteiger partial charge in [-0.3, -0.25) is 4.79 Å². The van der Waals surface area contributed by atoms with E-state index in [-0.39, 0.29) is 11.7 Å². The molecule has 0 atom stereocenters. The summed E-state index contributed by atoms with van der Waals surface area (Å²) in [6, 6.07) is 6.55. The first-order valence-corrected chi connectivity index (χ1v) is 12.1. The minimum absolute atomic E-state index is 0.0717. The maximum Gasteiger partial charge on any atom is 0.264 e. The van der Waals surface area contributed by atoms with Gasteiger partial charge in [0.2, 0.25) is 0 Å². The number of hydrogen-bond acceptors (Lipinski definition) is 6. The van der Waals surface area contributed by atoms with Crippen LogP contribution in [0.3, 0.4) is 0 Å². The first kappa shape index (κ1) is 21.1. The van der Waals surface area contributed by atoms with Crippen molar-refractivity contribution in [2.75, 3.05) is 49.1 Å². The van der Waals surface area contributed by atoms with Crippen LogP contribution in [0.1, 0.15) is 35.0 Å². The Balaban J connectivity index is 1.35. The molecule has 0 unspecified atom stereocenters. The van der Waals surface area contributed by atoms with Gasteiger partial charge >= 0.3 is 0 Å². The average Bonchev–Trinajstić information content (AvgIpc) is 3.16. The van der Waals surface area contributed by atoms with Crippen LogP contribution in [0.2, 0.25) is 0 Å². The Hall–Kier alpha value is -2.74. The van der Waals surface area contributed by atoms with Crippen LogP contribution in [-0.4, -0.2) is 60.0 Å². The minimum Gasteiger partial charge on any atom is -0.368 e. The molecule has 8 heteroatoms. The maximum atomic E-state index is 13.4. The second kappa shape index (κ2) is 8.65. The van der Waals surface area contributed by atoms with Crippen molar-refractivity contribution in [2.45, 2.75) is 26.7 Å². The topological polar surface area (TPSA) is 52.6 Å². The summed E-state index contributed by atoms with van der Waals surface area (Å²) in [6.45, 7) is 9.08. The Kier molecular flexibility index (Phi) is 5.71. The third kappa shape index (κ3) is 3.92. The van der Waals surface area contributed by atoms with Crippen LogP contribution < -0.4 is 9.80 Å². The lowest BCUT2D eigenvalue weighted by atomic mass is 9.99. The molecule has 2 aromatic heterocycles. The minimum atomic E-state index is -0.232. The molecule has 2 saturated heterocycles. The summed E-state index contributed by atoms with van der Waals surface area (Å²) in [5, 5.41) is 1.03. The molecule has 1 aromatic carbocycles. The number of piperidine rings is 1. The molecule has 0 N–H and O–H groups in total.